The summed E-state index contributed by atoms with van der Waals surface area (Å²) in [6.07, 6.45) is 2.49. The van der Waals surface area contributed by atoms with Crippen LogP contribution in [0.5, 0.6) is 0 Å². The second-order valence-electron chi connectivity index (χ2n) is 9.73. The largest absolute Gasteiger partial charge is 0.452 e. The number of piperidine rings is 1. The Morgan fingerprint density at radius 2 is 2.07 bits per heavy atom. The van der Waals surface area contributed by atoms with Gasteiger partial charge in [0.2, 0.25) is 0 Å². The number of hydrogen-bond donors (Lipinski definition) is 1. The second kappa shape index (κ2) is 4.46. The fourth-order valence-electron chi connectivity index (χ4n) is 9.20. The van der Waals surface area contributed by atoms with Crippen LogP contribution >= 0.6 is 0 Å². The number of amides is 1. The maximum Gasteiger partial charge on any atom is 0.414 e. The Hall–Kier alpha value is -1.92. The maximum absolute atomic E-state index is 13.8. The van der Waals surface area contributed by atoms with E-state index in [2.05, 4.69) is 11.0 Å². The topological polar surface area (TPSA) is 70.1 Å². The summed E-state index contributed by atoms with van der Waals surface area (Å²) in [6, 6.07) is 8.24. The number of para-hydroxylation sites is 1. The van der Waals surface area contributed by atoms with E-state index in [9.17, 15) is 14.7 Å². The summed E-state index contributed by atoms with van der Waals surface area (Å²) in [7, 11) is 1.41. The number of methoxy groups -OCH3 is 1. The number of anilines is 1. The molecule has 28 heavy (non-hydrogen) atoms. The van der Waals surface area contributed by atoms with Crippen LogP contribution in [-0.4, -0.2) is 59.8 Å². The van der Waals surface area contributed by atoms with E-state index in [-0.39, 0.29) is 29.1 Å². The van der Waals surface area contributed by atoms with Crippen molar-refractivity contribution in [3.8, 4) is 0 Å². The summed E-state index contributed by atoms with van der Waals surface area (Å²) >= 11 is 0. The van der Waals surface area contributed by atoms with Crippen molar-refractivity contribution in [3.05, 3.63) is 29.8 Å². The third-order valence-corrected chi connectivity index (χ3v) is 9.50. The Morgan fingerprint density at radius 1 is 1.25 bits per heavy atom. The minimum atomic E-state index is -0.828. The van der Waals surface area contributed by atoms with E-state index in [4.69, 9.17) is 4.74 Å². The van der Waals surface area contributed by atoms with Crippen molar-refractivity contribution in [1.82, 2.24) is 4.90 Å². The Bertz CT molecular complexity index is 964. The molecule has 1 aromatic carbocycles. The molecule has 5 saturated carbocycles. The van der Waals surface area contributed by atoms with Gasteiger partial charge in [-0.15, -0.1) is 0 Å². The number of carbonyl (C=O) groups is 2. The molecule has 0 aromatic heterocycles. The molecule has 6 nitrogen and oxygen atoms in total. The zero-order valence-electron chi connectivity index (χ0n) is 15.9. The molecule has 2 saturated heterocycles. The average Bonchev–Trinajstić information content (AvgIpc) is 3.19. The number of Topliss-reactive ketones (excluding diaryl/α,β-unsaturated/α-hetero) is 1. The molecule has 3 aliphatic heterocycles. The van der Waals surface area contributed by atoms with Crippen LogP contribution in [-0.2, 0) is 14.9 Å². The number of fused-ring (bicyclic) bond motifs is 2. The molecule has 1 aromatic rings. The molecule has 1 N–H and O–H groups in total. The number of aliphatic hydroxyl groups excluding tert-OH is 1. The van der Waals surface area contributed by atoms with Crippen LogP contribution in [0.3, 0.4) is 0 Å². The molecule has 9 rings (SSSR count). The van der Waals surface area contributed by atoms with Crippen LogP contribution in [0.25, 0.3) is 0 Å². The first-order chi connectivity index (χ1) is 13.6. The number of aliphatic hydroxyl groups is 1. The van der Waals surface area contributed by atoms with Gasteiger partial charge < -0.3 is 9.84 Å². The summed E-state index contributed by atoms with van der Waals surface area (Å²) in [6.45, 7) is 1.77. The zero-order valence-corrected chi connectivity index (χ0v) is 15.9. The Morgan fingerprint density at radius 3 is 2.89 bits per heavy atom. The summed E-state index contributed by atoms with van der Waals surface area (Å²) < 4.78 is 5.22. The molecule has 7 fully saturated rings. The van der Waals surface area contributed by atoms with Gasteiger partial charge in [-0.3, -0.25) is 14.6 Å². The first-order valence-corrected chi connectivity index (χ1v) is 10.5. The van der Waals surface area contributed by atoms with Crippen LogP contribution in [0.1, 0.15) is 31.2 Å². The Balaban J connectivity index is 1.64. The number of ether oxygens (including phenoxy) is 1. The third-order valence-electron chi connectivity index (χ3n) is 9.50. The lowest BCUT2D eigenvalue weighted by atomic mass is 9.31. The number of hydrogen-bond acceptors (Lipinski definition) is 5. The van der Waals surface area contributed by atoms with Gasteiger partial charge in [0.05, 0.1) is 35.8 Å². The van der Waals surface area contributed by atoms with E-state index < -0.39 is 23.2 Å². The van der Waals surface area contributed by atoms with Gasteiger partial charge in [0.1, 0.15) is 5.78 Å². The van der Waals surface area contributed by atoms with Crippen molar-refractivity contribution in [2.24, 2.45) is 17.3 Å². The zero-order chi connectivity index (χ0) is 19.1. The van der Waals surface area contributed by atoms with Crippen LogP contribution in [0.2, 0.25) is 0 Å². The fraction of sp³-hybridized carbons (Fsp3) is 0.636. The summed E-state index contributed by atoms with van der Waals surface area (Å²) in [5.41, 5.74) is 0.474. The molecule has 146 valence electrons. The minimum Gasteiger partial charge on any atom is -0.452 e. The van der Waals surface area contributed by atoms with E-state index >= 15 is 0 Å². The highest BCUT2D eigenvalue weighted by Gasteiger charge is 2.90. The Kier molecular flexibility index (Phi) is 2.54. The number of nitrogens with zero attached hydrogens (tertiary/aromatic N) is 2. The monoisotopic (exact) mass is 380 g/mol. The average molecular weight is 380 g/mol. The molecule has 3 heterocycles. The van der Waals surface area contributed by atoms with Gasteiger partial charge in [-0.05, 0) is 49.3 Å². The van der Waals surface area contributed by atoms with Crippen LogP contribution in [0, 0.1) is 17.3 Å². The second-order valence-corrected chi connectivity index (χ2v) is 9.73. The molecule has 7 atom stereocenters. The van der Waals surface area contributed by atoms with Crippen molar-refractivity contribution in [3.63, 3.8) is 0 Å². The lowest BCUT2D eigenvalue weighted by molar-refractivity contribution is -0.229. The van der Waals surface area contributed by atoms with E-state index in [0.29, 0.717) is 0 Å². The number of carbonyl (C=O) groups excluding carboxylic acids is 2. The van der Waals surface area contributed by atoms with Gasteiger partial charge in [0, 0.05) is 18.5 Å². The van der Waals surface area contributed by atoms with E-state index in [0.717, 1.165) is 50.0 Å². The molecule has 5 aliphatic carbocycles. The summed E-state index contributed by atoms with van der Waals surface area (Å²) in [5.74, 6) is -0.261. The molecular formula is C22H24N2O4. The van der Waals surface area contributed by atoms with Crippen molar-refractivity contribution in [1.29, 1.82) is 0 Å². The van der Waals surface area contributed by atoms with Crippen LogP contribution in [0.4, 0.5) is 10.5 Å². The van der Waals surface area contributed by atoms with Gasteiger partial charge in [-0.25, -0.2) is 4.79 Å². The quantitative estimate of drug-likeness (QED) is 0.742. The normalized spacial score (nSPS) is 49.4. The number of ketones is 1. The standard InChI is InChI=1S/C22H24N2O4/c1-28-19(27)24-14-6-3-2-5-12(14)22-13-11-23-10-4-7-20(18(22)23)8-9-21(22,24)17(26)15(20)16(13)25/h2-3,5-6,13,15,17-18,26H,4,7-11H2,1H3/t13-,15+,17+,18+,20?,21?,22?/m1/s1. The van der Waals surface area contributed by atoms with Gasteiger partial charge in [-0.1, -0.05) is 18.2 Å². The van der Waals surface area contributed by atoms with Crippen molar-refractivity contribution in [2.75, 3.05) is 25.1 Å². The van der Waals surface area contributed by atoms with Crippen LogP contribution < -0.4 is 4.90 Å². The first-order valence-electron chi connectivity index (χ1n) is 10.5. The predicted molar refractivity (Wildman–Crippen MR) is 100.0 cm³/mol. The molecule has 1 amide bonds. The predicted octanol–water partition coefficient (Wildman–Crippen LogP) is 1.70. The van der Waals surface area contributed by atoms with Gasteiger partial charge in [-0.2, -0.15) is 0 Å². The highest BCUT2D eigenvalue weighted by atomic mass is 16.5. The molecule has 6 heteroatoms. The summed E-state index contributed by atoms with van der Waals surface area (Å²) in [5, 5.41) is 11.8. The van der Waals surface area contributed by atoms with Gasteiger partial charge in [0.15, 0.2) is 0 Å². The highest BCUT2D eigenvalue weighted by molar-refractivity contribution is 6.01. The highest BCUT2D eigenvalue weighted by Crippen LogP contribution is 2.80. The van der Waals surface area contributed by atoms with E-state index in [1.54, 1.807) is 4.90 Å². The van der Waals surface area contributed by atoms with Gasteiger partial charge in [0.25, 0.3) is 0 Å². The van der Waals surface area contributed by atoms with E-state index in [1.165, 1.54) is 7.11 Å². The fourth-order valence-corrected chi connectivity index (χ4v) is 9.20. The van der Waals surface area contributed by atoms with Gasteiger partial charge >= 0.3 is 6.09 Å². The summed E-state index contributed by atoms with van der Waals surface area (Å²) in [4.78, 5) is 31.1. The molecule has 6 bridgehead atoms. The first kappa shape index (κ1) is 15.9. The molecular weight excluding hydrogens is 356 g/mol. The van der Waals surface area contributed by atoms with Crippen molar-refractivity contribution >= 4 is 17.6 Å². The third kappa shape index (κ3) is 1.18. The molecule has 3 unspecified atom stereocenters. The lowest BCUT2D eigenvalue weighted by Crippen LogP contribution is -2.88. The minimum absolute atomic E-state index is 0.145. The SMILES string of the molecule is COC(=O)N1c2ccccc2C23[C@@H]4CN5CCCC6(CCC12[C@@H](O)[C@@H]6C4=O)[C@H]53. The number of benzene rings is 1. The smallest absolute Gasteiger partial charge is 0.414 e. The molecule has 0 radical (unpaired) electrons. The molecule has 8 aliphatic rings. The Labute approximate surface area is 163 Å². The van der Waals surface area contributed by atoms with Crippen LogP contribution in [0.15, 0.2) is 24.3 Å². The van der Waals surface area contributed by atoms with Crippen molar-refractivity contribution < 1.29 is 19.4 Å². The van der Waals surface area contributed by atoms with Crippen molar-refractivity contribution in [2.45, 2.75) is 48.8 Å². The molecule has 3 spiro atoms. The maximum atomic E-state index is 13.8. The lowest BCUT2D eigenvalue weighted by Gasteiger charge is -2.75. The number of rotatable bonds is 0. The van der Waals surface area contributed by atoms with E-state index in [1.807, 2.05) is 18.2 Å².